The number of nitriles is 1. The van der Waals surface area contributed by atoms with Gasteiger partial charge in [0.1, 0.15) is 11.2 Å². The molecule has 2 aromatic rings. The topological polar surface area (TPSA) is 56.1 Å². The fourth-order valence-corrected chi connectivity index (χ4v) is 4.10. The van der Waals surface area contributed by atoms with Crippen LogP contribution in [0.5, 0.6) is 0 Å². The third-order valence-electron chi connectivity index (χ3n) is 5.43. The maximum atomic E-state index is 13.6. The molecule has 2 aliphatic heterocycles. The molecule has 0 radical (unpaired) electrons. The van der Waals surface area contributed by atoms with Crippen molar-refractivity contribution in [1.82, 2.24) is 4.90 Å². The third kappa shape index (κ3) is 2.33. The molecule has 2 heterocycles. The molecular weight excluding hydrogens is 317 g/mol. The Morgan fingerprint density at radius 1 is 1.36 bits per heavy atom. The number of nitrogens with zero attached hydrogens (tertiary/aromatic N) is 2. The highest BCUT2D eigenvalue weighted by atomic mass is 19.1. The number of nitrogens with one attached hydrogen (secondary N) is 1. The van der Waals surface area contributed by atoms with Crippen molar-refractivity contribution in [2.75, 3.05) is 18.4 Å². The highest BCUT2D eigenvalue weighted by molar-refractivity contribution is 6.07. The van der Waals surface area contributed by atoms with Gasteiger partial charge in [-0.1, -0.05) is 24.3 Å². The maximum Gasteiger partial charge on any atom is 0.237 e. The normalized spacial score (nSPS) is 25.0. The number of fused-ring (bicyclic) bond motifs is 2. The lowest BCUT2D eigenvalue weighted by molar-refractivity contribution is -0.121. The predicted molar refractivity (Wildman–Crippen MR) is 92.3 cm³/mol. The highest BCUT2D eigenvalue weighted by Crippen LogP contribution is 2.47. The molecule has 1 spiro atoms. The number of carbonyl (C=O) groups is 1. The Labute approximate surface area is 145 Å². The van der Waals surface area contributed by atoms with Crippen LogP contribution in [0.3, 0.4) is 0 Å². The Hall–Kier alpha value is -2.71. The summed E-state index contributed by atoms with van der Waals surface area (Å²) in [7, 11) is 0. The molecule has 2 aromatic carbocycles. The average Bonchev–Trinajstić information content (AvgIpc) is 3.10. The van der Waals surface area contributed by atoms with E-state index in [2.05, 4.69) is 16.3 Å². The summed E-state index contributed by atoms with van der Waals surface area (Å²) in [4.78, 5) is 14.9. The summed E-state index contributed by atoms with van der Waals surface area (Å²) >= 11 is 0. The molecule has 1 fully saturated rings. The minimum atomic E-state index is -0.841. The SMILES string of the molecule is Cc1ccc(F)cc1CN1C[C@@H](C#N)[C@@]2(C1)C(=O)Nc1ccccc12. The highest BCUT2D eigenvalue weighted by Gasteiger charge is 2.57. The molecule has 0 unspecified atom stereocenters. The number of carbonyl (C=O) groups excluding carboxylic acids is 1. The summed E-state index contributed by atoms with van der Waals surface area (Å²) in [5, 5.41) is 12.6. The Bertz CT molecular complexity index is 904. The zero-order chi connectivity index (χ0) is 17.6. The van der Waals surface area contributed by atoms with Crippen molar-refractivity contribution in [3.8, 4) is 6.07 Å². The third-order valence-corrected chi connectivity index (χ3v) is 5.43. The van der Waals surface area contributed by atoms with Gasteiger partial charge in [-0.15, -0.1) is 0 Å². The van der Waals surface area contributed by atoms with Crippen LogP contribution >= 0.6 is 0 Å². The second-order valence-electron chi connectivity index (χ2n) is 6.89. The minimum Gasteiger partial charge on any atom is -0.325 e. The van der Waals surface area contributed by atoms with Gasteiger partial charge in [-0.05, 0) is 41.8 Å². The Morgan fingerprint density at radius 3 is 2.96 bits per heavy atom. The molecule has 4 rings (SSSR count). The van der Waals surface area contributed by atoms with E-state index in [1.807, 2.05) is 31.2 Å². The number of halogens is 1. The van der Waals surface area contributed by atoms with Crippen molar-refractivity contribution in [3.63, 3.8) is 0 Å². The number of hydrogen-bond donors (Lipinski definition) is 1. The molecule has 2 atom stereocenters. The van der Waals surface area contributed by atoms with Crippen LogP contribution in [0.2, 0.25) is 0 Å². The van der Waals surface area contributed by atoms with Crippen molar-refractivity contribution in [2.24, 2.45) is 5.92 Å². The summed E-state index contributed by atoms with van der Waals surface area (Å²) < 4.78 is 13.6. The standard InChI is InChI=1S/C20H18FN3O/c1-13-6-7-16(21)8-14(13)10-24-11-15(9-22)20(12-24)17-4-2-3-5-18(17)23-19(20)25/h2-8,15H,10-12H2,1H3,(H,23,25)/t15-,20-/m1/s1. The lowest BCUT2D eigenvalue weighted by atomic mass is 9.74. The van der Waals surface area contributed by atoms with E-state index >= 15 is 0 Å². The molecule has 0 bridgehead atoms. The second-order valence-corrected chi connectivity index (χ2v) is 6.89. The van der Waals surface area contributed by atoms with E-state index in [1.165, 1.54) is 12.1 Å². The van der Waals surface area contributed by atoms with E-state index in [0.29, 0.717) is 19.6 Å². The smallest absolute Gasteiger partial charge is 0.237 e. The number of para-hydroxylation sites is 1. The number of hydrogen-bond acceptors (Lipinski definition) is 3. The molecule has 126 valence electrons. The van der Waals surface area contributed by atoms with Crippen LogP contribution in [-0.4, -0.2) is 23.9 Å². The van der Waals surface area contributed by atoms with Gasteiger partial charge in [-0.25, -0.2) is 4.39 Å². The van der Waals surface area contributed by atoms with Crippen molar-refractivity contribution >= 4 is 11.6 Å². The number of rotatable bonds is 2. The number of aryl methyl sites for hydroxylation is 1. The Kier molecular flexibility index (Phi) is 3.59. The summed E-state index contributed by atoms with van der Waals surface area (Å²) in [5.41, 5.74) is 2.74. The first kappa shape index (κ1) is 15.8. The van der Waals surface area contributed by atoms with Crippen LogP contribution in [0.15, 0.2) is 42.5 Å². The Morgan fingerprint density at radius 2 is 2.16 bits per heavy atom. The van der Waals surface area contributed by atoms with Gasteiger partial charge in [0.25, 0.3) is 0 Å². The van der Waals surface area contributed by atoms with Gasteiger partial charge in [0.2, 0.25) is 5.91 Å². The van der Waals surface area contributed by atoms with Crippen LogP contribution in [0.4, 0.5) is 10.1 Å². The van der Waals surface area contributed by atoms with Gasteiger partial charge in [0, 0.05) is 25.3 Å². The lowest BCUT2D eigenvalue weighted by Crippen LogP contribution is -2.41. The molecule has 1 saturated heterocycles. The van der Waals surface area contributed by atoms with Gasteiger partial charge >= 0.3 is 0 Å². The van der Waals surface area contributed by atoms with Crippen LogP contribution < -0.4 is 5.32 Å². The van der Waals surface area contributed by atoms with Crippen LogP contribution in [0.1, 0.15) is 16.7 Å². The van der Waals surface area contributed by atoms with Crippen molar-refractivity contribution in [3.05, 3.63) is 65.0 Å². The van der Waals surface area contributed by atoms with E-state index in [0.717, 1.165) is 22.4 Å². The van der Waals surface area contributed by atoms with Crippen molar-refractivity contribution in [1.29, 1.82) is 5.26 Å². The Balaban J connectivity index is 1.69. The molecule has 2 aliphatic rings. The van der Waals surface area contributed by atoms with Gasteiger partial charge < -0.3 is 5.32 Å². The first-order valence-electron chi connectivity index (χ1n) is 8.32. The molecule has 1 amide bonds. The first-order chi connectivity index (χ1) is 12.0. The largest absolute Gasteiger partial charge is 0.325 e. The quantitative estimate of drug-likeness (QED) is 0.918. The summed E-state index contributed by atoms with van der Waals surface area (Å²) in [5.74, 6) is -0.806. The number of anilines is 1. The van der Waals surface area contributed by atoms with Crippen LogP contribution in [0.25, 0.3) is 0 Å². The van der Waals surface area contributed by atoms with Crippen molar-refractivity contribution < 1.29 is 9.18 Å². The van der Waals surface area contributed by atoms with E-state index in [-0.39, 0.29) is 11.7 Å². The number of likely N-dealkylation sites (tertiary alicyclic amines) is 1. The van der Waals surface area contributed by atoms with Gasteiger partial charge in [-0.2, -0.15) is 5.26 Å². The van der Waals surface area contributed by atoms with Gasteiger partial charge in [0.15, 0.2) is 0 Å². The number of benzene rings is 2. The van der Waals surface area contributed by atoms with Crippen LogP contribution in [0, 0.1) is 30.0 Å². The first-order valence-corrected chi connectivity index (χ1v) is 8.32. The molecule has 4 nitrogen and oxygen atoms in total. The summed E-state index contributed by atoms with van der Waals surface area (Å²) in [6.45, 7) is 3.43. The molecule has 0 aliphatic carbocycles. The van der Waals surface area contributed by atoms with E-state index in [9.17, 15) is 14.4 Å². The molecule has 0 saturated carbocycles. The fraction of sp³-hybridized carbons (Fsp3) is 0.300. The molecule has 25 heavy (non-hydrogen) atoms. The molecule has 5 heteroatoms. The van der Waals surface area contributed by atoms with E-state index in [4.69, 9.17) is 0 Å². The summed E-state index contributed by atoms with van der Waals surface area (Å²) in [6, 6.07) is 14.6. The maximum absolute atomic E-state index is 13.6. The summed E-state index contributed by atoms with van der Waals surface area (Å²) in [6.07, 6.45) is 0. The van der Waals surface area contributed by atoms with Crippen LogP contribution in [-0.2, 0) is 16.8 Å². The van der Waals surface area contributed by atoms with Gasteiger partial charge in [0.05, 0.1) is 12.0 Å². The molecule has 1 N–H and O–H groups in total. The second kappa shape index (κ2) is 5.68. The molecule has 0 aromatic heterocycles. The monoisotopic (exact) mass is 335 g/mol. The lowest BCUT2D eigenvalue weighted by Gasteiger charge is -2.24. The fourth-order valence-electron chi connectivity index (χ4n) is 4.10. The van der Waals surface area contributed by atoms with E-state index < -0.39 is 11.3 Å². The number of amides is 1. The zero-order valence-corrected chi connectivity index (χ0v) is 13.9. The van der Waals surface area contributed by atoms with E-state index in [1.54, 1.807) is 6.07 Å². The zero-order valence-electron chi connectivity index (χ0n) is 13.9. The predicted octanol–water partition coefficient (Wildman–Crippen LogP) is 2.98. The minimum absolute atomic E-state index is 0.112. The van der Waals surface area contributed by atoms with Crippen molar-refractivity contribution in [2.45, 2.75) is 18.9 Å². The molecular formula is C20H18FN3O. The average molecular weight is 335 g/mol. The van der Waals surface area contributed by atoms with Gasteiger partial charge in [-0.3, -0.25) is 9.69 Å².